The second-order valence-corrected chi connectivity index (χ2v) is 10.2. The number of likely N-dealkylation sites (N-methyl/N-ethyl adjacent to an activating group) is 1. The predicted octanol–water partition coefficient (Wildman–Crippen LogP) is 3.00. The fraction of sp³-hybridized carbons (Fsp3) is 0.370. The molecule has 12 nitrogen and oxygen atoms in total. The molecule has 0 unspecified atom stereocenters. The fourth-order valence-corrected chi connectivity index (χ4v) is 4.96. The molecule has 13 heteroatoms. The average Bonchev–Trinajstić information content (AvgIpc) is 3.58. The van der Waals surface area contributed by atoms with Crippen molar-refractivity contribution in [2.75, 3.05) is 63.6 Å². The zero-order chi connectivity index (χ0) is 28.0. The number of anilines is 2. The number of likely N-dealkylation sites (tertiary alicyclic amines) is 1. The normalized spacial score (nSPS) is 16.3. The second-order valence-electron chi connectivity index (χ2n) is 10.2. The van der Waals surface area contributed by atoms with E-state index in [1.165, 1.54) is 24.3 Å². The van der Waals surface area contributed by atoms with Crippen molar-refractivity contribution in [1.82, 2.24) is 29.3 Å². The average molecular weight is 549 g/mol. The van der Waals surface area contributed by atoms with Gasteiger partial charge in [0, 0.05) is 74.0 Å². The number of rotatable bonds is 5. The van der Waals surface area contributed by atoms with Gasteiger partial charge in [0.25, 0.3) is 11.8 Å². The summed E-state index contributed by atoms with van der Waals surface area (Å²) in [4.78, 5) is 39.8. The number of hydrogen-bond donors (Lipinski definition) is 1. The first kappa shape index (κ1) is 25.7. The van der Waals surface area contributed by atoms with Crippen LogP contribution in [-0.2, 0) is 4.74 Å². The molecule has 2 fully saturated rings. The van der Waals surface area contributed by atoms with Crippen LogP contribution >= 0.6 is 0 Å². The fourth-order valence-electron chi connectivity index (χ4n) is 4.96. The van der Waals surface area contributed by atoms with E-state index in [1.807, 2.05) is 18.3 Å². The Kier molecular flexibility index (Phi) is 6.58. The summed E-state index contributed by atoms with van der Waals surface area (Å²) in [6.45, 7) is 6.23. The molecule has 5 heterocycles. The van der Waals surface area contributed by atoms with Crippen molar-refractivity contribution < 1.29 is 23.2 Å². The minimum absolute atomic E-state index is 0.0991. The van der Waals surface area contributed by atoms with Crippen LogP contribution in [0.5, 0.6) is 0 Å². The number of benzene rings is 1. The number of aromatic nitrogens is 4. The summed E-state index contributed by atoms with van der Waals surface area (Å²) in [6, 6.07) is 6.83. The maximum Gasteiger partial charge on any atom is 0.409 e. The van der Waals surface area contributed by atoms with Crippen LogP contribution in [-0.4, -0.2) is 94.8 Å². The minimum atomic E-state index is -0.525. The summed E-state index contributed by atoms with van der Waals surface area (Å²) in [5, 5.41) is 6.82. The second kappa shape index (κ2) is 10.2. The molecule has 1 N–H and O–H groups in total. The molecule has 0 aliphatic carbocycles. The van der Waals surface area contributed by atoms with E-state index >= 15 is 0 Å². The lowest BCUT2D eigenvalue weighted by Gasteiger charge is -2.35. The molecule has 40 heavy (non-hydrogen) atoms. The highest BCUT2D eigenvalue weighted by atomic mass is 19.1. The molecule has 6 rings (SSSR count). The number of methoxy groups -OCH3 is 1. The number of hydrogen-bond acceptors (Lipinski definition) is 9. The van der Waals surface area contributed by atoms with Gasteiger partial charge in [-0.1, -0.05) is 5.16 Å². The van der Waals surface area contributed by atoms with E-state index in [1.54, 1.807) is 17.4 Å². The van der Waals surface area contributed by atoms with Crippen LogP contribution in [0.3, 0.4) is 0 Å². The van der Waals surface area contributed by atoms with Crippen LogP contribution < -0.4 is 10.2 Å². The minimum Gasteiger partial charge on any atom is -0.453 e. The highest BCUT2D eigenvalue weighted by Crippen LogP contribution is 2.31. The summed E-state index contributed by atoms with van der Waals surface area (Å²) in [5.41, 5.74) is 2.92. The summed E-state index contributed by atoms with van der Waals surface area (Å²) in [7, 11) is 3.43. The van der Waals surface area contributed by atoms with Crippen LogP contribution in [0.15, 0.2) is 41.2 Å². The van der Waals surface area contributed by atoms with Gasteiger partial charge in [-0.3, -0.25) is 9.20 Å². The van der Waals surface area contributed by atoms with E-state index in [-0.39, 0.29) is 23.1 Å². The molecule has 1 aromatic carbocycles. The van der Waals surface area contributed by atoms with Crippen LogP contribution in [0.2, 0.25) is 0 Å². The van der Waals surface area contributed by atoms with Crippen LogP contribution in [0, 0.1) is 12.7 Å². The molecular weight excluding hydrogens is 519 g/mol. The Hall–Kier alpha value is -4.52. The van der Waals surface area contributed by atoms with Gasteiger partial charge in [-0.2, -0.15) is 4.98 Å². The Morgan fingerprint density at radius 1 is 1.15 bits per heavy atom. The summed E-state index contributed by atoms with van der Waals surface area (Å²) in [5.74, 6) is -0.514. The predicted molar refractivity (Wildman–Crippen MR) is 144 cm³/mol. The number of carbonyl (C=O) groups is 2. The number of carbonyl (C=O) groups excluding carboxylic acids is 2. The Labute approximate surface area is 229 Å². The number of fused-ring (bicyclic) bond motifs is 1. The molecule has 2 amide bonds. The van der Waals surface area contributed by atoms with Gasteiger partial charge in [0.05, 0.1) is 19.2 Å². The summed E-state index contributed by atoms with van der Waals surface area (Å²) < 4.78 is 26.7. The van der Waals surface area contributed by atoms with Crippen LogP contribution in [0.25, 0.3) is 17.1 Å². The number of piperazine rings is 1. The maximum absolute atomic E-state index is 14.9. The molecular formula is C27H29FN8O4. The van der Waals surface area contributed by atoms with Gasteiger partial charge < -0.3 is 29.3 Å². The molecule has 2 saturated heterocycles. The van der Waals surface area contributed by atoms with Gasteiger partial charge in [-0.25, -0.2) is 14.2 Å². The Bertz CT molecular complexity index is 1590. The van der Waals surface area contributed by atoms with Gasteiger partial charge in [-0.05, 0) is 32.2 Å². The van der Waals surface area contributed by atoms with Crippen molar-refractivity contribution in [3.8, 4) is 11.5 Å². The van der Waals surface area contributed by atoms with E-state index < -0.39 is 17.8 Å². The number of nitrogens with zero attached hydrogens (tertiary/aromatic N) is 7. The molecule has 4 aromatic rings. The highest BCUT2D eigenvalue weighted by Gasteiger charge is 2.35. The third kappa shape index (κ3) is 4.72. The summed E-state index contributed by atoms with van der Waals surface area (Å²) >= 11 is 0. The van der Waals surface area contributed by atoms with Gasteiger partial charge in [0.1, 0.15) is 17.2 Å². The number of imidazole rings is 1. The first-order valence-corrected chi connectivity index (χ1v) is 13.0. The zero-order valence-electron chi connectivity index (χ0n) is 22.4. The number of ether oxygens (including phenoxy) is 1. The van der Waals surface area contributed by atoms with Crippen LogP contribution in [0.1, 0.15) is 27.8 Å². The Balaban J connectivity index is 1.19. The molecule has 2 aliphatic rings. The summed E-state index contributed by atoms with van der Waals surface area (Å²) in [6.07, 6.45) is 2.92. The lowest BCUT2D eigenvalue weighted by atomic mass is 10.0. The molecule has 208 valence electrons. The van der Waals surface area contributed by atoms with Crippen molar-refractivity contribution in [2.24, 2.45) is 0 Å². The van der Waals surface area contributed by atoms with Gasteiger partial charge in [-0.15, -0.1) is 0 Å². The highest BCUT2D eigenvalue weighted by molar-refractivity contribution is 6.04. The van der Waals surface area contributed by atoms with Crippen molar-refractivity contribution in [2.45, 2.75) is 12.8 Å². The van der Waals surface area contributed by atoms with Crippen molar-refractivity contribution in [3.63, 3.8) is 0 Å². The van der Waals surface area contributed by atoms with E-state index in [4.69, 9.17) is 9.26 Å². The first-order valence-electron chi connectivity index (χ1n) is 13.0. The largest absolute Gasteiger partial charge is 0.453 e. The molecule has 3 aromatic heterocycles. The SMILES string of the molecule is COC(=O)N1CC(c2noc(-c3cc(F)c(C)c(NC(=O)c4cnc5cc(N6CCN(C)CC6)ccn45)c3)n2)C1. The third-order valence-corrected chi connectivity index (χ3v) is 7.56. The molecule has 0 atom stereocenters. The van der Waals surface area contributed by atoms with Crippen molar-refractivity contribution in [3.05, 3.63) is 59.6 Å². The monoisotopic (exact) mass is 548 g/mol. The van der Waals surface area contributed by atoms with E-state index in [0.717, 1.165) is 31.9 Å². The number of nitrogens with one attached hydrogen (secondary N) is 1. The Morgan fingerprint density at radius 2 is 1.93 bits per heavy atom. The molecule has 0 spiro atoms. The quantitative estimate of drug-likeness (QED) is 0.401. The van der Waals surface area contributed by atoms with E-state index in [0.29, 0.717) is 35.8 Å². The van der Waals surface area contributed by atoms with Crippen molar-refractivity contribution in [1.29, 1.82) is 0 Å². The third-order valence-electron chi connectivity index (χ3n) is 7.56. The van der Waals surface area contributed by atoms with Gasteiger partial charge in [0.2, 0.25) is 0 Å². The molecule has 0 radical (unpaired) electrons. The standard InChI is InChI=1S/C27H29FN8O4/c1-16-20(28)10-17(26-31-24(32-40-26)18-14-35(15-18)27(38)39-3)11-21(16)30-25(37)22-13-29-23-12-19(4-5-36(22)23)34-8-6-33(2)7-9-34/h4-5,10-13,18H,6-9,14-15H2,1-3H3,(H,30,37). The number of amides is 2. The molecule has 0 bridgehead atoms. The lowest BCUT2D eigenvalue weighted by Crippen LogP contribution is -2.48. The van der Waals surface area contributed by atoms with Gasteiger partial charge in [0.15, 0.2) is 5.82 Å². The molecule has 0 saturated carbocycles. The topological polar surface area (TPSA) is 121 Å². The van der Waals surface area contributed by atoms with Crippen molar-refractivity contribution >= 4 is 29.0 Å². The lowest BCUT2D eigenvalue weighted by molar-refractivity contribution is 0.0857. The molecule has 2 aliphatic heterocycles. The van der Waals surface area contributed by atoms with E-state index in [2.05, 4.69) is 37.3 Å². The van der Waals surface area contributed by atoms with E-state index in [9.17, 15) is 14.0 Å². The van der Waals surface area contributed by atoms with Crippen LogP contribution in [0.4, 0.5) is 20.6 Å². The Morgan fingerprint density at radius 3 is 2.67 bits per heavy atom. The first-order chi connectivity index (χ1) is 19.3. The smallest absolute Gasteiger partial charge is 0.409 e. The zero-order valence-corrected chi connectivity index (χ0v) is 22.4. The van der Waals surface area contributed by atoms with Gasteiger partial charge >= 0.3 is 6.09 Å². The maximum atomic E-state index is 14.9. The number of halogens is 1. The number of pyridine rings is 1.